The van der Waals surface area contributed by atoms with E-state index in [1.807, 2.05) is 41.1 Å². The number of imidazole rings is 1. The molecule has 2 rings (SSSR count). The number of hydrogen-bond donors (Lipinski definition) is 3. The Kier molecular flexibility index (Phi) is 7.45. The first-order chi connectivity index (χ1) is 11.7. The molecule has 1 aromatic carbocycles. The largest absolute Gasteiger partial charge is 0.480 e. The fourth-order valence-electron chi connectivity index (χ4n) is 2.58. The van der Waals surface area contributed by atoms with Gasteiger partial charge >= 0.3 is 5.97 Å². The van der Waals surface area contributed by atoms with Gasteiger partial charge in [-0.25, -0.2) is 15.8 Å². The maximum absolute atomic E-state index is 11.5. The summed E-state index contributed by atoms with van der Waals surface area (Å²) in [5.74, 6) is -0.871. The van der Waals surface area contributed by atoms with Gasteiger partial charge in [0.25, 0.3) is 0 Å². The zero-order chi connectivity index (χ0) is 17.2. The number of carbonyl (C=O) groups is 1. The third-order valence-electron chi connectivity index (χ3n) is 3.97. The number of carboxylic acids is 1. The van der Waals surface area contributed by atoms with Gasteiger partial charge < -0.3 is 9.67 Å². The molecule has 0 aliphatic rings. The lowest BCUT2D eigenvalue weighted by molar-refractivity contribution is -0.139. The van der Waals surface area contributed by atoms with E-state index < -0.39 is 12.0 Å². The smallest absolute Gasteiger partial charge is 0.322 e. The second kappa shape index (κ2) is 9.85. The molecule has 0 aliphatic heterocycles. The molecule has 0 aliphatic carbocycles. The van der Waals surface area contributed by atoms with Gasteiger partial charge in [0.05, 0.1) is 12.5 Å². The maximum atomic E-state index is 11.5. The van der Waals surface area contributed by atoms with Gasteiger partial charge in [-0.1, -0.05) is 56.5 Å². The normalized spacial score (nSPS) is 13.5. The Bertz CT molecular complexity index is 586. The van der Waals surface area contributed by atoms with E-state index in [-0.39, 0.29) is 6.17 Å². The highest BCUT2D eigenvalue weighted by molar-refractivity contribution is 5.73. The molecule has 130 valence electrons. The van der Waals surface area contributed by atoms with Gasteiger partial charge in [-0.2, -0.15) is 0 Å². The molecule has 0 radical (unpaired) electrons. The van der Waals surface area contributed by atoms with Crippen LogP contribution in [0.5, 0.6) is 0 Å². The average Bonchev–Trinajstić information content (AvgIpc) is 3.12. The number of benzene rings is 1. The monoisotopic (exact) mass is 330 g/mol. The Labute approximate surface area is 142 Å². The predicted molar refractivity (Wildman–Crippen MR) is 93.2 cm³/mol. The van der Waals surface area contributed by atoms with Crippen molar-refractivity contribution < 1.29 is 9.90 Å². The SMILES string of the molecule is CCCCCC(NNC(Cc1ccccc1)C(=O)O)n1ccnc1. The third-order valence-corrected chi connectivity index (χ3v) is 3.97. The molecule has 0 amide bonds. The van der Waals surface area contributed by atoms with E-state index in [1.165, 1.54) is 0 Å². The van der Waals surface area contributed by atoms with Gasteiger partial charge in [0.2, 0.25) is 0 Å². The van der Waals surface area contributed by atoms with Crippen molar-refractivity contribution in [3.63, 3.8) is 0 Å². The standard InChI is InChI=1S/C18H26N4O2/c1-2-3-5-10-17(22-12-11-19-14-22)21-20-16(18(23)24)13-15-8-6-4-7-9-15/h4,6-9,11-12,14,16-17,20-21H,2-3,5,10,13H2,1H3,(H,23,24). The summed E-state index contributed by atoms with van der Waals surface area (Å²) >= 11 is 0. The number of carboxylic acid groups (broad SMARTS) is 1. The van der Waals surface area contributed by atoms with Crippen molar-refractivity contribution in [1.82, 2.24) is 20.4 Å². The van der Waals surface area contributed by atoms with Crippen LogP contribution in [-0.4, -0.2) is 26.7 Å². The third kappa shape index (κ3) is 5.79. The van der Waals surface area contributed by atoms with Crippen LogP contribution in [0, 0.1) is 0 Å². The van der Waals surface area contributed by atoms with E-state index in [0.29, 0.717) is 6.42 Å². The van der Waals surface area contributed by atoms with E-state index in [4.69, 9.17) is 0 Å². The van der Waals surface area contributed by atoms with Gasteiger partial charge in [0, 0.05) is 12.4 Å². The van der Waals surface area contributed by atoms with Crippen LogP contribution < -0.4 is 10.9 Å². The molecule has 6 nitrogen and oxygen atoms in total. The fraction of sp³-hybridized carbons (Fsp3) is 0.444. The maximum Gasteiger partial charge on any atom is 0.322 e. The Morgan fingerprint density at radius 3 is 2.67 bits per heavy atom. The first-order valence-corrected chi connectivity index (χ1v) is 8.46. The van der Waals surface area contributed by atoms with Crippen LogP contribution in [0.3, 0.4) is 0 Å². The molecule has 1 aromatic heterocycles. The molecule has 0 spiro atoms. The minimum atomic E-state index is -0.871. The van der Waals surface area contributed by atoms with Crippen LogP contribution in [0.4, 0.5) is 0 Å². The zero-order valence-corrected chi connectivity index (χ0v) is 14.1. The first-order valence-electron chi connectivity index (χ1n) is 8.46. The van der Waals surface area contributed by atoms with Crippen molar-refractivity contribution in [2.45, 2.75) is 51.2 Å². The van der Waals surface area contributed by atoms with Gasteiger partial charge in [-0.15, -0.1) is 0 Å². The Morgan fingerprint density at radius 1 is 1.25 bits per heavy atom. The number of rotatable bonds is 11. The van der Waals surface area contributed by atoms with E-state index in [9.17, 15) is 9.90 Å². The minimum Gasteiger partial charge on any atom is -0.480 e. The molecule has 6 heteroatoms. The minimum absolute atomic E-state index is 0.0170. The summed E-state index contributed by atoms with van der Waals surface area (Å²) in [7, 11) is 0. The number of hydrazine groups is 1. The van der Waals surface area contributed by atoms with Crippen molar-refractivity contribution in [1.29, 1.82) is 0 Å². The van der Waals surface area contributed by atoms with Crippen LogP contribution in [0.25, 0.3) is 0 Å². The highest BCUT2D eigenvalue weighted by Gasteiger charge is 2.19. The van der Waals surface area contributed by atoms with Crippen molar-refractivity contribution in [2.24, 2.45) is 0 Å². The number of aliphatic carboxylic acids is 1. The Hall–Kier alpha value is -2.18. The van der Waals surface area contributed by atoms with Crippen molar-refractivity contribution in [2.75, 3.05) is 0 Å². The van der Waals surface area contributed by atoms with Crippen LogP contribution >= 0.6 is 0 Å². The molecule has 1 heterocycles. The second-order valence-corrected chi connectivity index (χ2v) is 5.89. The Morgan fingerprint density at radius 2 is 2.04 bits per heavy atom. The fourth-order valence-corrected chi connectivity index (χ4v) is 2.58. The van der Waals surface area contributed by atoms with Crippen LogP contribution in [0.2, 0.25) is 0 Å². The number of aromatic nitrogens is 2. The van der Waals surface area contributed by atoms with E-state index in [1.54, 1.807) is 12.5 Å². The molecular formula is C18H26N4O2. The molecule has 0 saturated carbocycles. The van der Waals surface area contributed by atoms with Crippen LogP contribution in [0.15, 0.2) is 49.1 Å². The van der Waals surface area contributed by atoms with Gasteiger partial charge in [-0.3, -0.25) is 4.79 Å². The summed E-state index contributed by atoms with van der Waals surface area (Å²) < 4.78 is 1.96. The molecule has 2 atom stereocenters. The number of nitrogens with one attached hydrogen (secondary N) is 2. The highest BCUT2D eigenvalue weighted by atomic mass is 16.4. The molecule has 2 unspecified atom stereocenters. The van der Waals surface area contributed by atoms with Crippen molar-refractivity contribution in [3.8, 4) is 0 Å². The number of unbranched alkanes of at least 4 members (excludes halogenated alkanes) is 2. The van der Waals surface area contributed by atoms with Crippen molar-refractivity contribution in [3.05, 3.63) is 54.6 Å². The van der Waals surface area contributed by atoms with Crippen LogP contribution in [-0.2, 0) is 11.2 Å². The zero-order valence-electron chi connectivity index (χ0n) is 14.1. The number of nitrogens with zero attached hydrogens (tertiary/aromatic N) is 2. The van der Waals surface area contributed by atoms with Crippen LogP contribution in [0.1, 0.15) is 44.3 Å². The lowest BCUT2D eigenvalue weighted by atomic mass is 10.1. The molecule has 2 aromatic rings. The van der Waals surface area contributed by atoms with E-state index >= 15 is 0 Å². The number of hydrogen-bond acceptors (Lipinski definition) is 4. The topological polar surface area (TPSA) is 79.2 Å². The molecule has 3 N–H and O–H groups in total. The Balaban J connectivity index is 1.95. The van der Waals surface area contributed by atoms with E-state index in [2.05, 4.69) is 22.8 Å². The molecule has 24 heavy (non-hydrogen) atoms. The first kappa shape index (κ1) is 18.2. The molecular weight excluding hydrogens is 304 g/mol. The molecule has 0 fully saturated rings. The summed E-state index contributed by atoms with van der Waals surface area (Å²) in [6.45, 7) is 2.16. The molecule has 0 saturated heterocycles. The van der Waals surface area contributed by atoms with E-state index in [0.717, 1.165) is 31.2 Å². The summed E-state index contributed by atoms with van der Waals surface area (Å²) in [4.78, 5) is 15.6. The summed E-state index contributed by atoms with van der Waals surface area (Å²) in [6.07, 6.45) is 10.1. The molecule has 0 bridgehead atoms. The van der Waals surface area contributed by atoms with Gasteiger partial charge in [-0.05, 0) is 18.4 Å². The predicted octanol–water partition coefficient (Wildman–Crippen LogP) is 2.75. The highest BCUT2D eigenvalue weighted by Crippen LogP contribution is 2.12. The lowest BCUT2D eigenvalue weighted by Crippen LogP contribution is -2.49. The summed E-state index contributed by atoms with van der Waals surface area (Å²) in [5.41, 5.74) is 7.15. The van der Waals surface area contributed by atoms with Gasteiger partial charge in [0.1, 0.15) is 6.04 Å². The lowest BCUT2D eigenvalue weighted by Gasteiger charge is -2.23. The van der Waals surface area contributed by atoms with Gasteiger partial charge in [0.15, 0.2) is 0 Å². The van der Waals surface area contributed by atoms with Crippen molar-refractivity contribution >= 4 is 5.97 Å². The quantitative estimate of drug-likeness (QED) is 0.436. The second-order valence-electron chi connectivity index (χ2n) is 5.89. The average molecular weight is 330 g/mol. The summed E-state index contributed by atoms with van der Waals surface area (Å²) in [6, 6.07) is 8.94. The summed E-state index contributed by atoms with van der Waals surface area (Å²) in [5, 5.41) is 9.47.